The van der Waals surface area contributed by atoms with Crippen LogP contribution < -0.4 is 5.32 Å². The Hall–Kier alpha value is -4.77. The molecule has 1 atom stereocenters. The Morgan fingerprint density at radius 1 is 0.952 bits per heavy atom. The zero-order valence-corrected chi connectivity index (χ0v) is 24.7. The van der Waals surface area contributed by atoms with Crippen molar-refractivity contribution in [1.82, 2.24) is 4.98 Å². The minimum Gasteiger partial charge on any atom is -0.325 e. The van der Waals surface area contributed by atoms with E-state index in [1.807, 2.05) is 85.1 Å². The Kier molecular flexibility index (Phi) is 9.08. The number of amides is 1. The third-order valence-electron chi connectivity index (χ3n) is 6.57. The van der Waals surface area contributed by atoms with Crippen LogP contribution in [0.2, 0.25) is 0 Å². The Labute approximate surface area is 253 Å². The molecular formula is C35H27N3O2S2. The molecule has 0 aliphatic heterocycles. The number of carbonyl (C=O) groups excluding carboxylic acids is 2. The number of aryl methyl sites for hydroxylation is 1. The number of rotatable bonds is 9. The predicted octanol–water partition coefficient (Wildman–Crippen LogP) is 8.67. The smallest absolute Gasteiger partial charge is 0.237 e. The maximum absolute atomic E-state index is 13.2. The fourth-order valence-corrected chi connectivity index (χ4v) is 5.80. The van der Waals surface area contributed by atoms with Gasteiger partial charge in [-0.25, -0.2) is 4.98 Å². The SMILES string of the molecule is Cc1ccc(-c2cc(-c3ccccc3)nc(S[C@@H](C)C(=O)Nc3ccc(C(=O)/C=C/c4cccs4)cc3)c2C#N)cc1. The first-order valence-corrected chi connectivity index (χ1v) is 15.1. The number of pyridine rings is 1. The van der Waals surface area contributed by atoms with Crippen LogP contribution in [0.5, 0.6) is 0 Å². The third-order valence-corrected chi connectivity index (χ3v) is 8.49. The number of hydrogen-bond acceptors (Lipinski definition) is 6. The number of nitriles is 1. The van der Waals surface area contributed by atoms with E-state index < -0.39 is 5.25 Å². The van der Waals surface area contributed by atoms with E-state index in [-0.39, 0.29) is 11.7 Å². The van der Waals surface area contributed by atoms with Crippen LogP contribution in [0.1, 0.15) is 33.3 Å². The molecule has 5 rings (SSSR count). The first kappa shape index (κ1) is 28.7. The van der Waals surface area contributed by atoms with E-state index in [2.05, 4.69) is 11.4 Å². The molecule has 206 valence electrons. The maximum Gasteiger partial charge on any atom is 0.237 e. The first-order valence-electron chi connectivity index (χ1n) is 13.3. The number of benzene rings is 3. The molecule has 0 saturated heterocycles. The summed E-state index contributed by atoms with van der Waals surface area (Å²) in [6.07, 6.45) is 3.34. The van der Waals surface area contributed by atoms with Gasteiger partial charge in [-0.15, -0.1) is 11.3 Å². The van der Waals surface area contributed by atoms with Crippen molar-refractivity contribution < 1.29 is 9.59 Å². The summed E-state index contributed by atoms with van der Waals surface area (Å²) in [6.45, 7) is 3.81. The highest BCUT2D eigenvalue weighted by molar-refractivity contribution is 8.00. The van der Waals surface area contributed by atoms with Crippen LogP contribution in [-0.4, -0.2) is 21.9 Å². The monoisotopic (exact) mass is 585 g/mol. The fraction of sp³-hybridized carbons (Fsp3) is 0.0857. The second kappa shape index (κ2) is 13.3. The van der Waals surface area contributed by atoms with Crippen LogP contribution >= 0.6 is 23.1 Å². The van der Waals surface area contributed by atoms with Gasteiger partial charge < -0.3 is 5.32 Å². The Morgan fingerprint density at radius 2 is 1.69 bits per heavy atom. The lowest BCUT2D eigenvalue weighted by molar-refractivity contribution is -0.115. The van der Waals surface area contributed by atoms with Gasteiger partial charge >= 0.3 is 0 Å². The van der Waals surface area contributed by atoms with Crippen LogP contribution in [0.4, 0.5) is 5.69 Å². The molecule has 2 aromatic heterocycles. The molecule has 0 saturated carbocycles. The van der Waals surface area contributed by atoms with Crippen molar-refractivity contribution in [3.63, 3.8) is 0 Å². The number of ketones is 1. The Bertz CT molecular complexity index is 1770. The second-order valence-electron chi connectivity index (χ2n) is 9.62. The van der Waals surface area contributed by atoms with Gasteiger partial charge in [-0.1, -0.05) is 78.0 Å². The average molecular weight is 586 g/mol. The van der Waals surface area contributed by atoms with E-state index in [1.54, 1.807) is 54.7 Å². The average Bonchev–Trinajstić information content (AvgIpc) is 3.54. The van der Waals surface area contributed by atoms with E-state index >= 15 is 0 Å². The van der Waals surface area contributed by atoms with Crippen molar-refractivity contribution in [3.05, 3.63) is 130 Å². The van der Waals surface area contributed by atoms with E-state index in [0.717, 1.165) is 32.8 Å². The largest absolute Gasteiger partial charge is 0.325 e. The number of aromatic nitrogens is 1. The number of nitrogens with one attached hydrogen (secondary N) is 1. The molecule has 3 aromatic carbocycles. The number of thiophene rings is 1. The molecule has 1 amide bonds. The molecule has 5 nitrogen and oxygen atoms in total. The molecule has 0 unspecified atom stereocenters. The second-order valence-corrected chi connectivity index (χ2v) is 11.9. The summed E-state index contributed by atoms with van der Waals surface area (Å²) >= 11 is 2.81. The molecule has 0 bridgehead atoms. The maximum atomic E-state index is 13.2. The number of allylic oxidation sites excluding steroid dienone is 1. The number of anilines is 1. The van der Waals surface area contributed by atoms with Crippen LogP contribution in [0, 0.1) is 18.3 Å². The minimum atomic E-state index is -0.545. The lowest BCUT2D eigenvalue weighted by Crippen LogP contribution is -2.22. The Balaban J connectivity index is 1.36. The van der Waals surface area contributed by atoms with E-state index in [4.69, 9.17) is 4.98 Å². The number of hydrogen-bond donors (Lipinski definition) is 1. The predicted molar refractivity (Wildman–Crippen MR) is 173 cm³/mol. The van der Waals surface area contributed by atoms with Crippen molar-refractivity contribution in [2.24, 2.45) is 0 Å². The van der Waals surface area contributed by atoms with Gasteiger partial charge in [0, 0.05) is 27.3 Å². The van der Waals surface area contributed by atoms with Crippen LogP contribution in [-0.2, 0) is 4.79 Å². The highest BCUT2D eigenvalue weighted by atomic mass is 32.2. The quantitative estimate of drug-likeness (QED) is 0.106. The molecular weight excluding hydrogens is 559 g/mol. The normalized spacial score (nSPS) is 11.6. The van der Waals surface area contributed by atoms with Crippen molar-refractivity contribution >= 4 is 46.6 Å². The molecule has 0 aliphatic carbocycles. The van der Waals surface area contributed by atoms with Crippen molar-refractivity contribution in [2.75, 3.05) is 5.32 Å². The lowest BCUT2D eigenvalue weighted by Gasteiger charge is -2.16. The van der Waals surface area contributed by atoms with Gasteiger partial charge in [0.15, 0.2) is 5.78 Å². The van der Waals surface area contributed by atoms with E-state index in [0.29, 0.717) is 21.8 Å². The van der Waals surface area contributed by atoms with Crippen molar-refractivity contribution in [2.45, 2.75) is 24.1 Å². The van der Waals surface area contributed by atoms with Gasteiger partial charge in [-0.2, -0.15) is 5.26 Å². The lowest BCUT2D eigenvalue weighted by atomic mass is 9.98. The molecule has 0 radical (unpaired) electrons. The van der Waals surface area contributed by atoms with Gasteiger partial charge in [0.2, 0.25) is 5.91 Å². The van der Waals surface area contributed by atoms with E-state index in [9.17, 15) is 14.9 Å². The first-order chi connectivity index (χ1) is 20.4. The van der Waals surface area contributed by atoms with Crippen molar-refractivity contribution in [3.8, 4) is 28.5 Å². The fourth-order valence-electron chi connectivity index (χ4n) is 4.26. The summed E-state index contributed by atoms with van der Waals surface area (Å²) in [5.74, 6) is -0.340. The molecule has 0 spiro atoms. The van der Waals surface area contributed by atoms with E-state index in [1.165, 1.54) is 11.8 Å². The zero-order valence-electron chi connectivity index (χ0n) is 23.1. The molecule has 7 heteroatoms. The molecule has 1 N–H and O–H groups in total. The topological polar surface area (TPSA) is 82.8 Å². The molecule has 2 heterocycles. The van der Waals surface area contributed by atoms with Crippen LogP contribution in [0.25, 0.3) is 28.5 Å². The highest BCUT2D eigenvalue weighted by Crippen LogP contribution is 2.36. The summed E-state index contributed by atoms with van der Waals surface area (Å²) < 4.78 is 0. The van der Waals surface area contributed by atoms with Gasteiger partial charge in [-0.05, 0) is 73.3 Å². The number of nitrogens with zero attached hydrogens (tertiary/aromatic N) is 2. The van der Waals surface area contributed by atoms with Gasteiger partial charge in [-0.3, -0.25) is 9.59 Å². The van der Waals surface area contributed by atoms with Crippen LogP contribution in [0.15, 0.2) is 114 Å². The molecule has 5 aromatic rings. The summed E-state index contributed by atoms with van der Waals surface area (Å²) in [7, 11) is 0. The highest BCUT2D eigenvalue weighted by Gasteiger charge is 2.21. The summed E-state index contributed by atoms with van der Waals surface area (Å²) in [6, 6.07) is 32.8. The number of carbonyl (C=O) groups is 2. The molecule has 42 heavy (non-hydrogen) atoms. The van der Waals surface area contributed by atoms with Crippen molar-refractivity contribution in [1.29, 1.82) is 5.26 Å². The Morgan fingerprint density at radius 3 is 2.36 bits per heavy atom. The number of thioether (sulfide) groups is 1. The molecule has 0 fully saturated rings. The van der Waals surface area contributed by atoms with Gasteiger partial charge in [0.25, 0.3) is 0 Å². The van der Waals surface area contributed by atoms with Gasteiger partial charge in [0.05, 0.1) is 16.5 Å². The summed E-state index contributed by atoms with van der Waals surface area (Å²) in [4.78, 5) is 31.6. The molecule has 0 aliphatic rings. The van der Waals surface area contributed by atoms with Gasteiger partial charge in [0.1, 0.15) is 11.1 Å². The summed E-state index contributed by atoms with van der Waals surface area (Å²) in [5, 5.41) is 15.0. The van der Waals surface area contributed by atoms with Crippen LogP contribution in [0.3, 0.4) is 0 Å². The zero-order chi connectivity index (χ0) is 29.5. The standard InChI is InChI=1S/C35H27N3O2S2/c1-23-10-12-25(13-11-23)30-21-32(26-7-4-3-5-8-26)38-35(31(30)22-36)42-24(2)34(40)37-28-16-14-27(15-17-28)33(39)19-18-29-9-6-20-41-29/h3-21,24H,1-2H3,(H,37,40)/b19-18+/t24-/m0/s1. The minimum absolute atomic E-state index is 0.108. The summed E-state index contributed by atoms with van der Waals surface area (Å²) in [5.41, 5.74) is 6.02. The third kappa shape index (κ3) is 6.92.